The molecule has 0 aromatic heterocycles. The number of likely N-dealkylation sites (tertiary alicyclic amines) is 1. The summed E-state index contributed by atoms with van der Waals surface area (Å²) >= 11 is 0. The quantitative estimate of drug-likeness (QED) is 0.595. The first kappa shape index (κ1) is 20.9. The van der Waals surface area contributed by atoms with Crippen LogP contribution in [0.25, 0.3) is 4.98 Å². The molecule has 1 fully saturated rings. The molecule has 2 aromatic carbocycles. The Morgan fingerprint density at radius 2 is 1.71 bits per heavy atom. The summed E-state index contributed by atoms with van der Waals surface area (Å²) in [6, 6.07) is 17.1. The average Bonchev–Trinajstić information content (AvgIpc) is 2.68. The standard InChI is InChI=1S/C17H16N3O.C2HF3O2/c1-17(14-7-9-15(19-18)10-8-14)12-20(16(17)21)11-13-5-3-2-4-6-13;3-2(4,5)1(6)7/h2-10H,11-12H2,1H3;(H,6,7)/q+1;/p-1. The van der Waals surface area contributed by atoms with Crippen molar-refractivity contribution in [1.29, 1.82) is 5.39 Å². The fourth-order valence-electron chi connectivity index (χ4n) is 2.82. The van der Waals surface area contributed by atoms with Crippen LogP contribution in [-0.4, -0.2) is 29.5 Å². The molecule has 1 heterocycles. The smallest absolute Gasteiger partial charge is 0.430 e. The van der Waals surface area contributed by atoms with Gasteiger partial charge in [-0.1, -0.05) is 30.3 Å². The summed E-state index contributed by atoms with van der Waals surface area (Å²) in [6.07, 6.45) is -5.19. The summed E-state index contributed by atoms with van der Waals surface area (Å²) in [4.78, 5) is 26.3. The Bertz CT molecular complexity index is 893. The van der Waals surface area contributed by atoms with Crippen LogP contribution >= 0.6 is 0 Å². The van der Waals surface area contributed by atoms with Gasteiger partial charge in [0.15, 0.2) is 4.98 Å². The molecule has 0 bridgehead atoms. The summed E-state index contributed by atoms with van der Waals surface area (Å²) in [5.41, 5.74) is 2.13. The normalized spacial score (nSPS) is 18.4. The summed E-state index contributed by atoms with van der Waals surface area (Å²) < 4.78 is 31.5. The third-order valence-corrected chi connectivity index (χ3v) is 4.33. The Morgan fingerprint density at radius 1 is 1.18 bits per heavy atom. The van der Waals surface area contributed by atoms with E-state index < -0.39 is 17.6 Å². The zero-order valence-corrected chi connectivity index (χ0v) is 14.8. The summed E-state index contributed by atoms with van der Waals surface area (Å²) in [5.74, 6) is -2.87. The molecule has 1 unspecified atom stereocenters. The fourth-order valence-corrected chi connectivity index (χ4v) is 2.82. The van der Waals surface area contributed by atoms with E-state index in [0.717, 1.165) is 11.1 Å². The van der Waals surface area contributed by atoms with Crippen LogP contribution in [0.4, 0.5) is 18.9 Å². The number of alkyl halides is 3. The maximum Gasteiger partial charge on any atom is 0.430 e. The molecule has 6 nitrogen and oxygen atoms in total. The molecule has 28 heavy (non-hydrogen) atoms. The average molecular weight is 391 g/mol. The van der Waals surface area contributed by atoms with Crippen LogP contribution in [0.3, 0.4) is 0 Å². The van der Waals surface area contributed by atoms with Gasteiger partial charge in [-0.15, -0.1) is 0 Å². The van der Waals surface area contributed by atoms with Gasteiger partial charge in [0.25, 0.3) is 0 Å². The van der Waals surface area contributed by atoms with Crippen LogP contribution in [0, 0.1) is 5.39 Å². The first-order valence-corrected chi connectivity index (χ1v) is 8.15. The second-order valence-electron chi connectivity index (χ2n) is 6.41. The topological polar surface area (TPSA) is 88.6 Å². The molecule has 3 rings (SSSR count). The Balaban J connectivity index is 0.000000345. The van der Waals surface area contributed by atoms with Gasteiger partial charge in [0.05, 0.1) is 5.41 Å². The molecule has 0 saturated carbocycles. The van der Waals surface area contributed by atoms with Gasteiger partial charge in [-0.25, -0.2) is 0 Å². The van der Waals surface area contributed by atoms with E-state index in [9.17, 15) is 18.0 Å². The van der Waals surface area contributed by atoms with Crippen LogP contribution in [0.1, 0.15) is 18.1 Å². The van der Waals surface area contributed by atoms with Gasteiger partial charge in [-0.3, -0.25) is 4.79 Å². The first-order valence-electron chi connectivity index (χ1n) is 8.15. The van der Waals surface area contributed by atoms with Crippen LogP contribution < -0.4 is 5.11 Å². The zero-order chi connectivity index (χ0) is 20.9. The molecule has 9 heteroatoms. The second-order valence-corrected chi connectivity index (χ2v) is 6.41. The second kappa shape index (κ2) is 8.08. The van der Waals surface area contributed by atoms with Crippen molar-refractivity contribution in [3.63, 3.8) is 0 Å². The number of hydrogen-bond donors (Lipinski definition) is 0. The molecule has 1 aliphatic rings. The number of amides is 1. The van der Waals surface area contributed by atoms with Crippen molar-refractivity contribution in [1.82, 2.24) is 4.90 Å². The van der Waals surface area contributed by atoms with Gasteiger partial charge in [0.1, 0.15) is 5.97 Å². The molecule has 1 amide bonds. The fraction of sp³-hybridized carbons (Fsp3) is 0.263. The van der Waals surface area contributed by atoms with E-state index in [0.29, 0.717) is 18.8 Å². The Morgan fingerprint density at radius 3 is 2.14 bits per heavy atom. The number of aliphatic carboxylic acids is 1. The predicted octanol–water partition coefficient (Wildman–Crippen LogP) is 2.77. The number of carbonyl (C=O) groups excluding carboxylic acids is 2. The summed E-state index contributed by atoms with van der Waals surface area (Å²) in [6.45, 7) is 3.32. The highest BCUT2D eigenvalue weighted by molar-refractivity contribution is 5.94. The lowest BCUT2D eigenvalue weighted by atomic mass is 9.74. The Kier molecular flexibility index (Phi) is 6.03. The molecule has 1 aliphatic heterocycles. The van der Waals surface area contributed by atoms with Crippen LogP contribution in [0.2, 0.25) is 0 Å². The van der Waals surface area contributed by atoms with Crippen LogP contribution in [0.5, 0.6) is 0 Å². The lowest BCUT2D eigenvalue weighted by Gasteiger charge is -2.47. The number of carboxylic acid groups (broad SMARTS) is 1. The molecule has 2 aromatic rings. The van der Waals surface area contributed by atoms with Gasteiger partial charge in [0, 0.05) is 25.2 Å². The highest BCUT2D eigenvalue weighted by Crippen LogP contribution is 2.37. The molecular formula is C19H16F3N3O3. The number of carbonyl (C=O) groups is 2. The minimum atomic E-state index is -5.19. The first-order chi connectivity index (χ1) is 13.1. The van der Waals surface area contributed by atoms with Crippen LogP contribution in [0.15, 0.2) is 54.6 Å². The van der Waals surface area contributed by atoms with Crippen molar-refractivity contribution in [3.05, 3.63) is 70.7 Å². The molecule has 146 valence electrons. The van der Waals surface area contributed by atoms with Crippen molar-refractivity contribution in [2.24, 2.45) is 0 Å². The van der Waals surface area contributed by atoms with E-state index in [1.54, 1.807) is 12.1 Å². The maximum absolute atomic E-state index is 12.5. The molecule has 0 N–H and O–H groups in total. The van der Waals surface area contributed by atoms with Gasteiger partial charge in [-0.05, 0) is 30.2 Å². The number of β-lactam (4-membered cyclic amide) rings is 1. The number of carboxylic acids is 1. The van der Waals surface area contributed by atoms with Crippen molar-refractivity contribution >= 4 is 17.6 Å². The van der Waals surface area contributed by atoms with Crippen molar-refractivity contribution in [2.45, 2.75) is 25.1 Å². The molecule has 1 atom stereocenters. The summed E-state index contributed by atoms with van der Waals surface area (Å²) in [7, 11) is 0. The number of hydrogen-bond acceptors (Lipinski definition) is 4. The van der Waals surface area contributed by atoms with Gasteiger partial charge < -0.3 is 14.8 Å². The highest BCUT2D eigenvalue weighted by atomic mass is 19.4. The van der Waals surface area contributed by atoms with Gasteiger partial charge in [0.2, 0.25) is 11.3 Å². The van der Waals surface area contributed by atoms with Crippen molar-refractivity contribution in [2.75, 3.05) is 6.54 Å². The Labute approximate surface area is 158 Å². The van der Waals surface area contributed by atoms with Crippen molar-refractivity contribution < 1.29 is 27.9 Å². The number of benzene rings is 2. The third-order valence-electron chi connectivity index (χ3n) is 4.33. The molecule has 0 spiro atoms. The summed E-state index contributed by atoms with van der Waals surface area (Å²) in [5, 5.41) is 17.5. The number of diazo groups is 1. The number of halogens is 3. The minimum Gasteiger partial charge on any atom is -0.542 e. The van der Waals surface area contributed by atoms with E-state index >= 15 is 0 Å². The monoisotopic (exact) mass is 391 g/mol. The van der Waals surface area contributed by atoms with Gasteiger partial charge >= 0.3 is 11.9 Å². The predicted molar refractivity (Wildman–Crippen MR) is 91.5 cm³/mol. The van der Waals surface area contributed by atoms with E-state index in [-0.39, 0.29) is 5.91 Å². The van der Waals surface area contributed by atoms with Gasteiger partial charge in [-0.2, -0.15) is 13.2 Å². The van der Waals surface area contributed by atoms with E-state index in [1.165, 1.54) is 0 Å². The Hall–Kier alpha value is -3.41. The maximum atomic E-state index is 12.5. The van der Waals surface area contributed by atoms with E-state index in [2.05, 4.69) is 4.98 Å². The zero-order valence-electron chi connectivity index (χ0n) is 14.8. The molecule has 0 aliphatic carbocycles. The third kappa shape index (κ3) is 4.65. The minimum absolute atomic E-state index is 0.139. The SMILES string of the molecule is CC1(c2ccc([N+]#N)cc2)CN(Cc2ccccc2)C1=O.O=C([O-])C(F)(F)F. The number of rotatable bonds is 3. The molecular weight excluding hydrogens is 375 g/mol. The van der Waals surface area contributed by atoms with Crippen LogP contribution in [-0.2, 0) is 21.5 Å². The van der Waals surface area contributed by atoms with E-state index in [4.69, 9.17) is 15.3 Å². The molecule has 1 saturated heterocycles. The largest absolute Gasteiger partial charge is 0.542 e. The molecule has 0 radical (unpaired) electrons. The van der Waals surface area contributed by atoms with E-state index in [1.807, 2.05) is 54.3 Å². The highest BCUT2D eigenvalue weighted by Gasteiger charge is 2.49. The van der Waals surface area contributed by atoms with Crippen molar-refractivity contribution in [3.8, 4) is 0 Å². The lowest BCUT2D eigenvalue weighted by molar-refractivity contribution is -0.344. The lowest BCUT2D eigenvalue weighted by Crippen LogP contribution is -2.62. The number of nitrogens with zero attached hydrogens (tertiary/aromatic N) is 3.